The highest BCUT2D eigenvalue weighted by molar-refractivity contribution is 8.01. The van der Waals surface area contributed by atoms with Gasteiger partial charge in [-0.05, 0) is 77.1 Å². The van der Waals surface area contributed by atoms with Crippen LogP contribution in [0.4, 0.5) is 0 Å². The Balaban J connectivity index is 2.00. The van der Waals surface area contributed by atoms with E-state index in [4.69, 9.17) is 4.74 Å². The highest BCUT2D eigenvalue weighted by Gasteiger charge is 2.33. The van der Waals surface area contributed by atoms with Crippen molar-refractivity contribution in [3.8, 4) is 0 Å². The van der Waals surface area contributed by atoms with E-state index in [0.717, 1.165) is 30.7 Å². The van der Waals surface area contributed by atoms with E-state index < -0.39 is 10.3 Å². The molecular weight excluding hydrogens is 478 g/mol. The van der Waals surface area contributed by atoms with Crippen molar-refractivity contribution in [2.75, 3.05) is 13.1 Å². The van der Waals surface area contributed by atoms with Gasteiger partial charge in [-0.1, -0.05) is 75.1 Å². The lowest BCUT2D eigenvalue weighted by Gasteiger charge is -2.28. The molecule has 0 spiro atoms. The molecule has 0 saturated heterocycles. The van der Waals surface area contributed by atoms with E-state index in [0.29, 0.717) is 13.0 Å². The van der Waals surface area contributed by atoms with Crippen molar-refractivity contribution in [1.29, 1.82) is 0 Å². The van der Waals surface area contributed by atoms with Crippen LogP contribution in [0.15, 0.2) is 59.5 Å². The molecule has 2 rings (SSSR count). The number of hydrogen-bond acceptors (Lipinski definition) is 4. The summed E-state index contributed by atoms with van der Waals surface area (Å²) in [6, 6.07) is 18.6. The minimum atomic E-state index is -0.691. The Morgan fingerprint density at radius 1 is 0.811 bits per heavy atom. The van der Waals surface area contributed by atoms with Gasteiger partial charge in [0.2, 0.25) is 5.91 Å². The maximum Gasteiger partial charge on any atom is 0.322 e. The fourth-order valence-corrected chi connectivity index (χ4v) is 5.16. The van der Waals surface area contributed by atoms with E-state index in [1.54, 1.807) is 0 Å². The molecule has 0 N–H and O–H groups in total. The largest absolute Gasteiger partial charge is 0.459 e. The van der Waals surface area contributed by atoms with Crippen LogP contribution in [0.2, 0.25) is 0 Å². The van der Waals surface area contributed by atoms with Gasteiger partial charge >= 0.3 is 5.97 Å². The third-order valence-electron chi connectivity index (χ3n) is 6.19. The van der Waals surface area contributed by atoms with Crippen LogP contribution < -0.4 is 0 Å². The average molecular weight is 526 g/mol. The third-order valence-corrected chi connectivity index (χ3v) is 7.35. The number of thioether (sulfide) groups is 1. The summed E-state index contributed by atoms with van der Waals surface area (Å²) in [4.78, 5) is 29.0. The van der Waals surface area contributed by atoms with Gasteiger partial charge in [0, 0.05) is 24.4 Å². The molecule has 2 aromatic rings. The first kappa shape index (κ1) is 31.0. The lowest BCUT2D eigenvalue weighted by atomic mass is 10.1. The second-order valence-electron chi connectivity index (χ2n) is 11.3. The summed E-state index contributed by atoms with van der Waals surface area (Å²) >= 11 is 1.52. The predicted octanol–water partition coefficient (Wildman–Crippen LogP) is 7.87. The zero-order valence-corrected chi connectivity index (χ0v) is 24.7. The van der Waals surface area contributed by atoms with Gasteiger partial charge in [-0.2, -0.15) is 0 Å². The van der Waals surface area contributed by atoms with Gasteiger partial charge in [0.15, 0.2) is 0 Å². The zero-order valence-electron chi connectivity index (χ0n) is 23.8. The first-order valence-corrected chi connectivity index (χ1v) is 14.6. The Hall–Kier alpha value is -2.27. The monoisotopic (exact) mass is 525 g/mol. The number of benzene rings is 2. The number of carbonyl (C=O) groups excluding carboxylic acids is 2. The van der Waals surface area contributed by atoms with Crippen LogP contribution in [0, 0.1) is 0 Å². The lowest BCUT2D eigenvalue weighted by molar-refractivity contribution is -0.156. The number of esters is 1. The van der Waals surface area contributed by atoms with E-state index in [1.807, 2.05) is 65.0 Å². The van der Waals surface area contributed by atoms with Crippen LogP contribution in [-0.4, -0.2) is 40.2 Å². The van der Waals surface area contributed by atoms with Crippen molar-refractivity contribution in [1.82, 2.24) is 4.90 Å². The number of amides is 1. The molecule has 37 heavy (non-hydrogen) atoms. The quantitative estimate of drug-likeness (QED) is 0.135. The summed E-state index contributed by atoms with van der Waals surface area (Å²) in [5.74, 6) is 0.0181. The number of aryl methyl sites for hydroxylation is 1. The molecule has 204 valence electrons. The van der Waals surface area contributed by atoms with Gasteiger partial charge in [-0.15, -0.1) is 11.8 Å². The SMILES string of the molecule is CCCCCCCN(CCc1cccc(SC(C)(C)C(=O)OC(C)(C)C)c1)C(=O)CCc1ccccc1. The highest BCUT2D eigenvalue weighted by Crippen LogP contribution is 2.35. The maximum atomic E-state index is 13.2. The molecule has 0 aromatic heterocycles. The molecule has 5 heteroatoms. The van der Waals surface area contributed by atoms with E-state index in [9.17, 15) is 9.59 Å². The third kappa shape index (κ3) is 12.2. The molecule has 0 aliphatic heterocycles. The number of hydrogen-bond donors (Lipinski definition) is 0. The average Bonchev–Trinajstić information content (AvgIpc) is 2.84. The lowest BCUT2D eigenvalue weighted by Crippen LogP contribution is -2.36. The summed E-state index contributed by atoms with van der Waals surface area (Å²) in [7, 11) is 0. The molecule has 1 amide bonds. The van der Waals surface area contributed by atoms with Crippen LogP contribution in [0.5, 0.6) is 0 Å². The van der Waals surface area contributed by atoms with Crippen molar-refractivity contribution < 1.29 is 14.3 Å². The number of rotatable bonds is 15. The predicted molar refractivity (Wildman–Crippen MR) is 156 cm³/mol. The molecular formula is C32H47NO3S. The molecule has 0 unspecified atom stereocenters. The Labute approximate surface area is 229 Å². The topological polar surface area (TPSA) is 46.6 Å². The summed E-state index contributed by atoms with van der Waals surface area (Å²) in [5, 5.41) is 0. The molecule has 0 heterocycles. The molecule has 0 aliphatic carbocycles. The maximum absolute atomic E-state index is 13.2. The first-order chi connectivity index (χ1) is 17.5. The van der Waals surface area contributed by atoms with Gasteiger partial charge in [0.1, 0.15) is 10.3 Å². The standard InChI is InChI=1S/C32H47NO3S/c1-7-8-9-10-14-23-33(29(34)21-20-26-16-12-11-13-17-26)24-22-27-18-15-19-28(25-27)37-32(5,6)30(35)36-31(2,3)4/h11-13,15-19,25H,7-10,14,20-24H2,1-6H3. The van der Waals surface area contributed by atoms with Gasteiger partial charge in [0.25, 0.3) is 0 Å². The molecule has 0 atom stereocenters. The molecule has 2 aromatic carbocycles. The van der Waals surface area contributed by atoms with Crippen LogP contribution in [0.3, 0.4) is 0 Å². The fraction of sp³-hybridized carbons (Fsp3) is 0.562. The minimum absolute atomic E-state index is 0.214. The Morgan fingerprint density at radius 3 is 2.16 bits per heavy atom. The van der Waals surface area contributed by atoms with Crippen LogP contribution in [0.1, 0.15) is 91.2 Å². The summed E-state index contributed by atoms with van der Waals surface area (Å²) < 4.78 is 4.93. The van der Waals surface area contributed by atoms with Gasteiger partial charge in [-0.25, -0.2) is 0 Å². The molecule has 4 nitrogen and oxygen atoms in total. The van der Waals surface area contributed by atoms with E-state index in [-0.39, 0.29) is 11.9 Å². The molecule has 0 radical (unpaired) electrons. The number of ether oxygens (including phenoxy) is 1. The van der Waals surface area contributed by atoms with E-state index in [1.165, 1.54) is 48.6 Å². The molecule has 0 aliphatic rings. The number of unbranched alkanes of at least 4 members (excludes halogenated alkanes) is 4. The van der Waals surface area contributed by atoms with Gasteiger partial charge in [-0.3, -0.25) is 9.59 Å². The highest BCUT2D eigenvalue weighted by atomic mass is 32.2. The molecule has 0 saturated carbocycles. The second-order valence-corrected chi connectivity index (χ2v) is 13.0. The Morgan fingerprint density at radius 2 is 1.49 bits per heavy atom. The van der Waals surface area contributed by atoms with Crippen molar-refractivity contribution in [2.24, 2.45) is 0 Å². The van der Waals surface area contributed by atoms with Crippen molar-refractivity contribution in [3.05, 3.63) is 65.7 Å². The van der Waals surface area contributed by atoms with Crippen LogP contribution in [-0.2, 0) is 27.2 Å². The van der Waals surface area contributed by atoms with Crippen LogP contribution in [0.25, 0.3) is 0 Å². The molecule has 0 fully saturated rings. The summed E-state index contributed by atoms with van der Waals surface area (Å²) in [5.41, 5.74) is 1.87. The van der Waals surface area contributed by atoms with E-state index in [2.05, 4.69) is 36.1 Å². The summed E-state index contributed by atoms with van der Waals surface area (Å²) in [6.07, 6.45) is 8.05. The normalized spacial score (nSPS) is 11.8. The Kier molecular flexibility index (Phi) is 12.7. The fourth-order valence-electron chi connectivity index (χ4n) is 4.09. The number of nitrogens with zero attached hydrogens (tertiary/aromatic N) is 1. The van der Waals surface area contributed by atoms with E-state index >= 15 is 0 Å². The second kappa shape index (κ2) is 15.2. The zero-order chi connectivity index (χ0) is 27.3. The minimum Gasteiger partial charge on any atom is -0.459 e. The van der Waals surface area contributed by atoms with Crippen molar-refractivity contribution >= 4 is 23.6 Å². The molecule has 0 bridgehead atoms. The number of carbonyl (C=O) groups is 2. The smallest absolute Gasteiger partial charge is 0.322 e. The van der Waals surface area contributed by atoms with Crippen LogP contribution >= 0.6 is 11.8 Å². The summed E-state index contributed by atoms with van der Waals surface area (Å²) in [6.45, 7) is 13.2. The van der Waals surface area contributed by atoms with Crippen molar-refractivity contribution in [3.63, 3.8) is 0 Å². The van der Waals surface area contributed by atoms with Crippen molar-refractivity contribution in [2.45, 2.75) is 108 Å². The van der Waals surface area contributed by atoms with Gasteiger partial charge in [0.05, 0.1) is 0 Å². The Bertz CT molecular complexity index is 965. The van der Waals surface area contributed by atoms with Gasteiger partial charge < -0.3 is 9.64 Å². The first-order valence-electron chi connectivity index (χ1n) is 13.8.